The van der Waals surface area contributed by atoms with Crippen molar-refractivity contribution in [3.05, 3.63) is 20.8 Å². The van der Waals surface area contributed by atoms with Gasteiger partial charge in [-0.2, -0.15) is 0 Å². The summed E-state index contributed by atoms with van der Waals surface area (Å²) in [4.78, 5) is 25.7. The molecule has 18 heavy (non-hydrogen) atoms. The molecule has 1 saturated carbocycles. The maximum Gasteiger partial charge on any atom is 0.325 e. The molecule has 2 fully saturated rings. The summed E-state index contributed by atoms with van der Waals surface area (Å²) in [6, 6.07) is 1.70. The fourth-order valence-corrected chi connectivity index (χ4v) is 3.95. The van der Waals surface area contributed by atoms with Gasteiger partial charge in [0.1, 0.15) is 5.54 Å². The van der Waals surface area contributed by atoms with Crippen LogP contribution in [-0.2, 0) is 11.3 Å². The Balaban J connectivity index is 1.80. The molecule has 0 atom stereocenters. The lowest BCUT2D eigenvalue weighted by Crippen LogP contribution is -2.44. The van der Waals surface area contributed by atoms with Crippen LogP contribution < -0.4 is 5.32 Å². The maximum absolute atomic E-state index is 12.4. The summed E-state index contributed by atoms with van der Waals surface area (Å²) in [7, 11) is 0. The normalized spacial score (nSPS) is 21.9. The lowest BCUT2D eigenvalue weighted by atomic mass is 9.98. The van der Waals surface area contributed by atoms with Gasteiger partial charge in [-0.3, -0.25) is 9.69 Å². The van der Waals surface area contributed by atoms with Gasteiger partial charge in [-0.1, -0.05) is 12.8 Å². The molecule has 0 aromatic carbocycles. The molecule has 1 aliphatic carbocycles. The molecule has 2 heterocycles. The van der Waals surface area contributed by atoms with E-state index in [9.17, 15) is 9.59 Å². The van der Waals surface area contributed by atoms with Gasteiger partial charge in [0.05, 0.1) is 10.3 Å². The third-order valence-corrected chi connectivity index (χ3v) is 5.22. The second kappa shape index (κ2) is 4.35. The number of amides is 3. The van der Waals surface area contributed by atoms with Crippen LogP contribution in [0.2, 0.25) is 0 Å². The van der Waals surface area contributed by atoms with E-state index in [0.717, 1.165) is 35.0 Å². The van der Waals surface area contributed by atoms with Crippen LogP contribution in [-0.4, -0.2) is 22.4 Å². The van der Waals surface area contributed by atoms with Crippen LogP contribution in [0.15, 0.2) is 15.2 Å². The molecule has 3 rings (SSSR count). The van der Waals surface area contributed by atoms with E-state index in [1.54, 1.807) is 11.3 Å². The number of nitrogens with zero attached hydrogens (tertiary/aromatic N) is 1. The first-order valence-electron chi connectivity index (χ1n) is 5.98. The summed E-state index contributed by atoms with van der Waals surface area (Å²) in [6.45, 7) is 0.370. The highest BCUT2D eigenvalue weighted by molar-refractivity contribution is 9.11. The third kappa shape index (κ3) is 1.87. The number of urea groups is 1. The highest BCUT2D eigenvalue weighted by atomic mass is 79.9. The maximum atomic E-state index is 12.4. The Hall–Kier alpha value is -0.880. The largest absolute Gasteiger partial charge is 0.325 e. The average Bonchev–Trinajstić information content (AvgIpc) is 2.99. The number of hydrogen-bond donors (Lipinski definition) is 1. The molecule has 4 nitrogen and oxygen atoms in total. The minimum Gasteiger partial charge on any atom is -0.323 e. The topological polar surface area (TPSA) is 49.4 Å². The summed E-state index contributed by atoms with van der Waals surface area (Å²) in [5.41, 5.74) is 0.398. The molecule has 96 valence electrons. The summed E-state index contributed by atoms with van der Waals surface area (Å²) >= 11 is 4.95. The molecule has 1 N–H and O–H groups in total. The van der Waals surface area contributed by atoms with Crippen LogP contribution in [0.5, 0.6) is 0 Å². The van der Waals surface area contributed by atoms with Gasteiger partial charge in [-0.25, -0.2) is 4.79 Å². The van der Waals surface area contributed by atoms with Crippen LogP contribution in [0.1, 0.15) is 31.2 Å². The van der Waals surface area contributed by atoms with Crippen LogP contribution in [0.4, 0.5) is 4.79 Å². The monoisotopic (exact) mass is 328 g/mol. The Morgan fingerprint density at radius 2 is 2.11 bits per heavy atom. The van der Waals surface area contributed by atoms with E-state index < -0.39 is 5.54 Å². The van der Waals surface area contributed by atoms with E-state index in [4.69, 9.17) is 0 Å². The van der Waals surface area contributed by atoms with Gasteiger partial charge in [-0.05, 0) is 45.8 Å². The van der Waals surface area contributed by atoms with Gasteiger partial charge >= 0.3 is 6.03 Å². The summed E-state index contributed by atoms with van der Waals surface area (Å²) in [6.07, 6.45) is 3.59. The number of halogens is 1. The van der Waals surface area contributed by atoms with E-state index in [2.05, 4.69) is 21.2 Å². The molecule has 6 heteroatoms. The van der Waals surface area contributed by atoms with E-state index in [0.29, 0.717) is 6.54 Å². The van der Waals surface area contributed by atoms with Gasteiger partial charge in [0.2, 0.25) is 0 Å². The lowest BCUT2D eigenvalue weighted by Gasteiger charge is -2.19. The van der Waals surface area contributed by atoms with Gasteiger partial charge in [0.15, 0.2) is 0 Å². The molecule has 1 aromatic heterocycles. The molecular formula is C12H13BrN2O2S. The molecule has 3 amide bonds. The van der Waals surface area contributed by atoms with Crippen LogP contribution >= 0.6 is 27.3 Å². The smallest absolute Gasteiger partial charge is 0.323 e. The van der Waals surface area contributed by atoms with Gasteiger partial charge < -0.3 is 5.32 Å². The number of hydrogen-bond acceptors (Lipinski definition) is 3. The van der Waals surface area contributed by atoms with Gasteiger partial charge in [0, 0.05) is 0 Å². The van der Waals surface area contributed by atoms with E-state index >= 15 is 0 Å². The molecule has 1 saturated heterocycles. The van der Waals surface area contributed by atoms with E-state index in [1.165, 1.54) is 4.90 Å². The van der Waals surface area contributed by atoms with Crippen molar-refractivity contribution in [3.63, 3.8) is 0 Å². The van der Waals surface area contributed by atoms with Crippen molar-refractivity contribution in [1.29, 1.82) is 0 Å². The SMILES string of the molecule is O=C1NC2(CCCC2)C(=O)N1Cc1csc(Br)c1. The fourth-order valence-electron chi connectivity index (χ4n) is 2.75. The minimum atomic E-state index is -0.593. The van der Waals surface area contributed by atoms with Crippen LogP contribution in [0, 0.1) is 0 Å². The number of imide groups is 1. The number of carbonyl (C=O) groups excluding carboxylic acids is 2. The standard InChI is InChI=1S/C12H13BrN2O2S/c13-9-5-8(7-18-9)6-15-10(16)12(14-11(15)17)3-1-2-4-12/h5,7H,1-4,6H2,(H,14,17). The second-order valence-electron chi connectivity index (χ2n) is 4.87. The van der Waals surface area contributed by atoms with Gasteiger partial charge in [0.25, 0.3) is 5.91 Å². The average molecular weight is 329 g/mol. The molecular weight excluding hydrogens is 316 g/mol. The highest BCUT2D eigenvalue weighted by Crippen LogP contribution is 2.35. The predicted molar refractivity (Wildman–Crippen MR) is 72.3 cm³/mol. The van der Waals surface area contributed by atoms with Crippen molar-refractivity contribution in [1.82, 2.24) is 10.2 Å². The van der Waals surface area contributed by atoms with Crippen molar-refractivity contribution in [3.8, 4) is 0 Å². The fraction of sp³-hybridized carbons (Fsp3) is 0.500. The summed E-state index contributed by atoms with van der Waals surface area (Å²) < 4.78 is 1.01. The zero-order valence-electron chi connectivity index (χ0n) is 9.74. The molecule has 1 spiro atoms. The number of rotatable bonds is 2. The quantitative estimate of drug-likeness (QED) is 0.848. The third-order valence-electron chi connectivity index (χ3n) is 3.67. The van der Waals surface area contributed by atoms with Crippen molar-refractivity contribution in [2.24, 2.45) is 0 Å². The lowest BCUT2D eigenvalue weighted by molar-refractivity contribution is -0.131. The van der Waals surface area contributed by atoms with E-state index in [-0.39, 0.29) is 11.9 Å². The Morgan fingerprint density at radius 3 is 2.72 bits per heavy atom. The first-order valence-corrected chi connectivity index (χ1v) is 7.65. The first-order chi connectivity index (χ1) is 8.61. The van der Waals surface area contributed by atoms with Crippen molar-refractivity contribution < 1.29 is 9.59 Å². The minimum absolute atomic E-state index is 0.0488. The Bertz CT molecular complexity index is 508. The molecule has 1 aliphatic heterocycles. The first kappa shape index (κ1) is 12.2. The Kier molecular flexibility index (Phi) is 2.94. The zero-order chi connectivity index (χ0) is 12.8. The second-order valence-corrected chi connectivity index (χ2v) is 7.16. The van der Waals surface area contributed by atoms with Gasteiger partial charge in [-0.15, -0.1) is 11.3 Å². The number of nitrogens with one attached hydrogen (secondary N) is 1. The van der Waals surface area contributed by atoms with Crippen LogP contribution in [0.3, 0.4) is 0 Å². The summed E-state index contributed by atoms with van der Waals surface area (Å²) in [5.74, 6) is -0.0488. The number of thiophene rings is 1. The Morgan fingerprint density at radius 1 is 1.39 bits per heavy atom. The molecule has 0 radical (unpaired) electrons. The van der Waals surface area contributed by atoms with Crippen molar-refractivity contribution in [2.45, 2.75) is 37.8 Å². The summed E-state index contributed by atoms with van der Waals surface area (Å²) in [5, 5.41) is 4.85. The molecule has 0 bridgehead atoms. The van der Waals surface area contributed by atoms with Crippen molar-refractivity contribution >= 4 is 39.2 Å². The van der Waals surface area contributed by atoms with Crippen LogP contribution in [0.25, 0.3) is 0 Å². The number of carbonyl (C=O) groups is 2. The zero-order valence-corrected chi connectivity index (χ0v) is 12.1. The highest BCUT2D eigenvalue weighted by Gasteiger charge is 2.52. The van der Waals surface area contributed by atoms with Crippen molar-refractivity contribution in [2.75, 3.05) is 0 Å². The molecule has 1 aromatic rings. The predicted octanol–water partition coefficient (Wildman–Crippen LogP) is 2.88. The Labute approximate surface area is 117 Å². The molecule has 2 aliphatic rings. The molecule has 0 unspecified atom stereocenters. The van der Waals surface area contributed by atoms with E-state index in [1.807, 2.05) is 11.4 Å².